The Morgan fingerprint density at radius 3 is 2.52 bits per heavy atom. The summed E-state index contributed by atoms with van der Waals surface area (Å²) in [4.78, 5) is 9.20. The lowest BCUT2D eigenvalue weighted by atomic mass is 10.2. The van der Waals surface area contributed by atoms with Gasteiger partial charge in [0, 0.05) is 12.1 Å². The Balaban J connectivity index is 2.30. The first-order chi connectivity index (χ1) is 10.2. The number of nitrogens with two attached hydrogens (primary N) is 1. The van der Waals surface area contributed by atoms with Crippen molar-refractivity contribution in [1.82, 2.24) is 9.97 Å². The smallest absolute Gasteiger partial charge is 0.159 e. The van der Waals surface area contributed by atoms with E-state index in [2.05, 4.69) is 15.3 Å². The summed E-state index contributed by atoms with van der Waals surface area (Å²) in [7, 11) is 1.65. The Labute approximate surface area is 125 Å². The van der Waals surface area contributed by atoms with Crippen LogP contribution in [0.2, 0.25) is 0 Å². The molecule has 0 aliphatic carbocycles. The summed E-state index contributed by atoms with van der Waals surface area (Å²) in [5.41, 5.74) is 9.35. The molecule has 5 heteroatoms. The van der Waals surface area contributed by atoms with Gasteiger partial charge in [0.15, 0.2) is 5.82 Å². The van der Waals surface area contributed by atoms with E-state index in [4.69, 9.17) is 10.5 Å². The van der Waals surface area contributed by atoms with Gasteiger partial charge in [0.1, 0.15) is 5.75 Å². The van der Waals surface area contributed by atoms with Gasteiger partial charge in [-0.3, -0.25) is 0 Å². The Morgan fingerprint density at radius 2 is 1.90 bits per heavy atom. The van der Waals surface area contributed by atoms with E-state index in [0.29, 0.717) is 12.4 Å². The summed E-state index contributed by atoms with van der Waals surface area (Å²) in [6.07, 6.45) is 0.927. The fraction of sp³-hybridized carbons (Fsp3) is 0.375. The molecule has 1 heterocycles. The lowest BCUT2D eigenvalue weighted by Crippen LogP contribution is -2.11. The normalized spacial score (nSPS) is 10.5. The van der Waals surface area contributed by atoms with Crippen molar-refractivity contribution >= 4 is 5.69 Å². The van der Waals surface area contributed by atoms with Crippen molar-refractivity contribution < 1.29 is 4.74 Å². The number of aromatic nitrogens is 2. The van der Waals surface area contributed by atoms with Crippen LogP contribution in [0.5, 0.6) is 5.75 Å². The van der Waals surface area contributed by atoms with Crippen LogP contribution in [0.25, 0.3) is 11.4 Å². The van der Waals surface area contributed by atoms with Crippen molar-refractivity contribution in [3.63, 3.8) is 0 Å². The number of nitrogens with zero attached hydrogens (tertiary/aromatic N) is 2. The number of benzene rings is 1. The molecular weight excluding hydrogens is 264 g/mol. The van der Waals surface area contributed by atoms with Gasteiger partial charge in [0.2, 0.25) is 0 Å². The second-order valence-corrected chi connectivity index (χ2v) is 4.89. The zero-order valence-corrected chi connectivity index (χ0v) is 12.8. The summed E-state index contributed by atoms with van der Waals surface area (Å²) in [6.45, 7) is 5.49. The second-order valence-electron chi connectivity index (χ2n) is 4.89. The third kappa shape index (κ3) is 3.70. The third-order valence-corrected chi connectivity index (χ3v) is 3.28. The van der Waals surface area contributed by atoms with Gasteiger partial charge in [-0.05, 0) is 38.9 Å². The molecule has 0 fully saturated rings. The highest BCUT2D eigenvalue weighted by Gasteiger charge is 2.10. The van der Waals surface area contributed by atoms with Crippen LogP contribution >= 0.6 is 0 Å². The molecule has 0 aliphatic heterocycles. The number of aryl methyl sites for hydroxylation is 2. The summed E-state index contributed by atoms with van der Waals surface area (Å²) in [6, 6.07) is 7.77. The van der Waals surface area contributed by atoms with Gasteiger partial charge in [-0.15, -0.1) is 0 Å². The molecule has 2 rings (SSSR count). The van der Waals surface area contributed by atoms with Crippen molar-refractivity contribution in [2.24, 2.45) is 5.73 Å². The molecule has 5 nitrogen and oxygen atoms in total. The maximum absolute atomic E-state index is 5.51. The van der Waals surface area contributed by atoms with Crippen molar-refractivity contribution in [2.45, 2.75) is 20.3 Å². The number of rotatable bonds is 6. The fourth-order valence-corrected chi connectivity index (χ4v) is 2.18. The maximum atomic E-state index is 5.51. The summed E-state index contributed by atoms with van der Waals surface area (Å²) in [5.74, 6) is 1.52. The van der Waals surface area contributed by atoms with Gasteiger partial charge in [0.05, 0.1) is 24.2 Å². The predicted molar refractivity (Wildman–Crippen MR) is 85.7 cm³/mol. The Morgan fingerprint density at radius 1 is 1.19 bits per heavy atom. The van der Waals surface area contributed by atoms with Gasteiger partial charge in [-0.2, -0.15) is 0 Å². The number of methoxy groups -OCH3 is 1. The standard InChI is InChI=1S/C16H22N4O/c1-11-15(18-9-5-8-17)12(2)20-16(19-11)13-6-4-7-14(10-13)21-3/h4,6-7,10,18H,5,8-9,17H2,1-3H3. The SMILES string of the molecule is COc1cccc(-c2nc(C)c(NCCCN)c(C)n2)c1. The van der Waals surface area contributed by atoms with E-state index in [0.717, 1.165) is 41.4 Å². The van der Waals surface area contributed by atoms with Crippen molar-refractivity contribution in [2.75, 3.05) is 25.5 Å². The van der Waals surface area contributed by atoms with E-state index in [9.17, 15) is 0 Å². The molecule has 0 aliphatic rings. The summed E-state index contributed by atoms with van der Waals surface area (Å²) < 4.78 is 5.25. The molecule has 0 radical (unpaired) electrons. The first-order valence-corrected chi connectivity index (χ1v) is 7.09. The minimum atomic E-state index is 0.674. The van der Waals surface area contributed by atoms with E-state index in [1.165, 1.54) is 0 Å². The first-order valence-electron chi connectivity index (χ1n) is 7.09. The number of hydrogen-bond donors (Lipinski definition) is 2. The van der Waals surface area contributed by atoms with Crippen molar-refractivity contribution in [1.29, 1.82) is 0 Å². The second kappa shape index (κ2) is 7.04. The van der Waals surface area contributed by atoms with E-state index < -0.39 is 0 Å². The molecule has 3 N–H and O–H groups in total. The average Bonchev–Trinajstić information content (AvgIpc) is 2.50. The maximum Gasteiger partial charge on any atom is 0.159 e. The van der Waals surface area contributed by atoms with Gasteiger partial charge in [-0.1, -0.05) is 12.1 Å². The van der Waals surface area contributed by atoms with Crippen molar-refractivity contribution in [3.8, 4) is 17.1 Å². The lowest BCUT2D eigenvalue weighted by molar-refractivity contribution is 0.415. The molecule has 1 aromatic carbocycles. The summed E-state index contributed by atoms with van der Waals surface area (Å²) >= 11 is 0. The van der Waals surface area contributed by atoms with Crippen LogP contribution in [0.4, 0.5) is 5.69 Å². The minimum absolute atomic E-state index is 0.674. The van der Waals surface area contributed by atoms with Gasteiger partial charge in [-0.25, -0.2) is 9.97 Å². The highest BCUT2D eigenvalue weighted by molar-refractivity contribution is 5.61. The van der Waals surface area contributed by atoms with Crippen LogP contribution in [0.3, 0.4) is 0 Å². The highest BCUT2D eigenvalue weighted by atomic mass is 16.5. The van der Waals surface area contributed by atoms with Gasteiger partial charge in [0.25, 0.3) is 0 Å². The molecule has 0 unspecified atom stereocenters. The molecular formula is C16H22N4O. The highest BCUT2D eigenvalue weighted by Crippen LogP contribution is 2.24. The minimum Gasteiger partial charge on any atom is -0.497 e. The number of ether oxygens (including phenoxy) is 1. The van der Waals surface area contributed by atoms with Crippen molar-refractivity contribution in [3.05, 3.63) is 35.7 Å². The molecule has 0 saturated carbocycles. The molecule has 0 spiro atoms. The van der Waals surface area contributed by atoms with Crippen LogP contribution in [-0.2, 0) is 0 Å². The number of nitrogens with one attached hydrogen (secondary N) is 1. The van der Waals surface area contributed by atoms with Gasteiger partial charge >= 0.3 is 0 Å². The van der Waals surface area contributed by atoms with E-state index in [1.54, 1.807) is 7.11 Å². The molecule has 0 bridgehead atoms. The van der Waals surface area contributed by atoms with Gasteiger partial charge < -0.3 is 15.8 Å². The van der Waals surface area contributed by atoms with E-state index in [-0.39, 0.29) is 0 Å². The molecule has 112 valence electrons. The van der Waals surface area contributed by atoms with Crippen LogP contribution in [0.1, 0.15) is 17.8 Å². The molecule has 0 amide bonds. The Kier molecular flexibility index (Phi) is 5.11. The predicted octanol–water partition coefficient (Wildman–Crippen LogP) is 2.53. The quantitative estimate of drug-likeness (QED) is 0.798. The Hall–Kier alpha value is -2.14. The summed E-state index contributed by atoms with van der Waals surface area (Å²) in [5, 5.41) is 3.35. The van der Waals surface area contributed by atoms with E-state index in [1.807, 2.05) is 38.1 Å². The molecule has 0 saturated heterocycles. The average molecular weight is 286 g/mol. The third-order valence-electron chi connectivity index (χ3n) is 3.28. The number of anilines is 1. The largest absolute Gasteiger partial charge is 0.497 e. The molecule has 1 aromatic heterocycles. The van der Waals surface area contributed by atoms with Crippen LogP contribution in [-0.4, -0.2) is 30.2 Å². The zero-order valence-electron chi connectivity index (χ0n) is 12.8. The van der Waals surface area contributed by atoms with E-state index >= 15 is 0 Å². The van der Waals surface area contributed by atoms with Crippen LogP contribution in [0.15, 0.2) is 24.3 Å². The molecule has 21 heavy (non-hydrogen) atoms. The van der Waals surface area contributed by atoms with Crippen LogP contribution in [0, 0.1) is 13.8 Å². The first kappa shape index (κ1) is 15.3. The Bertz CT molecular complexity index is 590. The fourth-order valence-electron chi connectivity index (χ4n) is 2.18. The lowest BCUT2D eigenvalue weighted by Gasteiger charge is -2.13. The van der Waals surface area contributed by atoms with Crippen LogP contribution < -0.4 is 15.8 Å². The monoisotopic (exact) mass is 286 g/mol. The topological polar surface area (TPSA) is 73.1 Å². The molecule has 0 atom stereocenters. The molecule has 2 aromatic rings. The zero-order chi connectivity index (χ0) is 15.2. The number of hydrogen-bond acceptors (Lipinski definition) is 5.